The monoisotopic (exact) mass is 287 g/mol. The fourth-order valence-corrected chi connectivity index (χ4v) is 2.00. The first-order valence-electron chi connectivity index (χ1n) is 5.98. The number of carbonyl (C=O) groups excluding carboxylic acids is 1. The van der Waals surface area contributed by atoms with E-state index in [9.17, 15) is 14.4 Å². The van der Waals surface area contributed by atoms with Crippen molar-refractivity contribution in [2.75, 3.05) is 6.54 Å². The fourth-order valence-electron chi connectivity index (χ4n) is 1.42. The van der Waals surface area contributed by atoms with Gasteiger partial charge in [0.25, 0.3) is 0 Å². The molecule has 0 saturated carbocycles. The maximum atomic E-state index is 11.4. The average molecular weight is 287 g/mol. The third-order valence-electron chi connectivity index (χ3n) is 2.36. The molecule has 0 aliphatic rings. The van der Waals surface area contributed by atoms with Gasteiger partial charge in [-0.2, -0.15) is 0 Å². The number of rotatable bonds is 8. The molecule has 8 heteroatoms. The second-order valence-corrected chi connectivity index (χ2v) is 4.83. The van der Waals surface area contributed by atoms with Crippen molar-refractivity contribution in [3.8, 4) is 0 Å². The SMILES string of the molecule is O=C(O)CCCCCNC(=O)NCc1csc(=O)[nH]1. The molecule has 0 aliphatic heterocycles. The molecular formula is C11H17N3O4S. The summed E-state index contributed by atoms with van der Waals surface area (Å²) >= 11 is 1.05. The lowest BCUT2D eigenvalue weighted by Gasteiger charge is -2.06. The Morgan fingerprint density at radius 1 is 1.26 bits per heavy atom. The van der Waals surface area contributed by atoms with Gasteiger partial charge in [0.2, 0.25) is 0 Å². The van der Waals surface area contributed by atoms with E-state index >= 15 is 0 Å². The number of hydrogen-bond acceptors (Lipinski definition) is 4. The standard InChI is InChI=1S/C11H17N3O4S/c15-9(16)4-2-1-3-5-12-10(17)13-6-8-7-19-11(18)14-8/h7H,1-6H2,(H,14,18)(H,15,16)(H2,12,13,17). The van der Waals surface area contributed by atoms with Gasteiger partial charge in [-0.25, -0.2) is 4.79 Å². The number of carboxylic acid groups (broad SMARTS) is 1. The first-order valence-corrected chi connectivity index (χ1v) is 6.86. The molecule has 0 bridgehead atoms. The first kappa shape index (κ1) is 15.2. The van der Waals surface area contributed by atoms with Crippen LogP contribution in [0.2, 0.25) is 0 Å². The Morgan fingerprint density at radius 3 is 2.68 bits per heavy atom. The summed E-state index contributed by atoms with van der Waals surface area (Å²) in [7, 11) is 0. The second-order valence-electron chi connectivity index (χ2n) is 3.99. The quantitative estimate of drug-likeness (QED) is 0.532. The van der Waals surface area contributed by atoms with Crippen molar-refractivity contribution in [2.45, 2.75) is 32.2 Å². The van der Waals surface area contributed by atoms with Gasteiger partial charge in [-0.3, -0.25) is 9.59 Å². The van der Waals surface area contributed by atoms with Gasteiger partial charge in [-0.05, 0) is 12.8 Å². The number of aromatic nitrogens is 1. The number of carboxylic acids is 1. The number of aromatic amines is 1. The number of aliphatic carboxylic acids is 1. The second kappa shape index (κ2) is 8.30. The van der Waals surface area contributed by atoms with Gasteiger partial charge in [-0.1, -0.05) is 17.8 Å². The zero-order valence-corrected chi connectivity index (χ0v) is 11.2. The zero-order chi connectivity index (χ0) is 14.1. The van der Waals surface area contributed by atoms with Crippen LogP contribution >= 0.6 is 11.3 Å². The van der Waals surface area contributed by atoms with Gasteiger partial charge in [0, 0.05) is 24.0 Å². The molecule has 106 valence electrons. The Labute approximate surface area is 114 Å². The van der Waals surface area contributed by atoms with E-state index < -0.39 is 5.97 Å². The number of thiazole rings is 1. The molecule has 1 rings (SSSR count). The molecule has 19 heavy (non-hydrogen) atoms. The third kappa shape index (κ3) is 7.24. The molecule has 2 amide bonds. The number of carbonyl (C=O) groups is 2. The van der Waals surface area contributed by atoms with Gasteiger partial charge in [-0.15, -0.1) is 0 Å². The Hall–Kier alpha value is -1.83. The van der Waals surface area contributed by atoms with Crippen LogP contribution in [0, 0.1) is 0 Å². The molecular weight excluding hydrogens is 270 g/mol. The van der Waals surface area contributed by atoms with Crippen LogP contribution in [0.1, 0.15) is 31.4 Å². The van der Waals surface area contributed by atoms with Crippen molar-refractivity contribution in [1.82, 2.24) is 15.6 Å². The molecule has 1 heterocycles. The molecule has 4 N–H and O–H groups in total. The van der Waals surface area contributed by atoms with Crippen LogP contribution in [0.5, 0.6) is 0 Å². The smallest absolute Gasteiger partial charge is 0.315 e. The highest BCUT2D eigenvalue weighted by atomic mass is 32.1. The van der Waals surface area contributed by atoms with Crippen LogP contribution in [0.3, 0.4) is 0 Å². The van der Waals surface area contributed by atoms with Crippen LogP contribution < -0.4 is 15.5 Å². The minimum atomic E-state index is -0.796. The Balaban J connectivity index is 2.02. The maximum Gasteiger partial charge on any atom is 0.315 e. The predicted molar refractivity (Wildman–Crippen MR) is 71.3 cm³/mol. The minimum absolute atomic E-state index is 0.143. The lowest BCUT2D eigenvalue weighted by atomic mass is 10.2. The summed E-state index contributed by atoms with van der Waals surface area (Å²) in [6.07, 6.45) is 2.30. The molecule has 0 saturated heterocycles. The summed E-state index contributed by atoms with van der Waals surface area (Å²) in [4.78, 5) is 34.9. The van der Waals surface area contributed by atoms with Gasteiger partial charge in [0.1, 0.15) is 0 Å². The molecule has 1 aromatic heterocycles. The van der Waals surface area contributed by atoms with E-state index in [2.05, 4.69) is 15.6 Å². The van der Waals surface area contributed by atoms with Crippen LogP contribution in [-0.4, -0.2) is 28.6 Å². The molecule has 0 spiro atoms. The summed E-state index contributed by atoms with van der Waals surface area (Å²) in [5.41, 5.74) is 0.673. The molecule has 0 radical (unpaired) electrons. The third-order valence-corrected chi connectivity index (χ3v) is 3.08. The van der Waals surface area contributed by atoms with E-state index in [1.165, 1.54) is 0 Å². The number of urea groups is 1. The van der Waals surface area contributed by atoms with Gasteiger partial charge in [0.05, 0.1) is 6.54 Å². The van der Waals surface area contributed by atoms with E-state index in [4.69, 9.17) is 5.11 Å². The number of nitrogens with one attached hydrogen (secondary N) is 3. The lowest BCUT2D eigenvalue weighted by Crippen LogP contribution is -2.35. The number of hydrogen-bond donors (Lipinski definition) is 4. The van der Waals surface area contributed by atoms with E-state index in [0.717, 1.165) is 24.2 Å². The van der Waals surface area contributed by atoms with Crippen molar-refractivity contribution < 1.29 is 14.7 Å². The van der Waals surface area contributed by atoms with E-state index in [1.54, 1.807) is 5.38 Å². The maximum absolute atomic E-state index is 11.4. The molecule has 0 atom stereocenters. The van der Waals surface area contributed by atoms with Gasteiger partial charge < -0.3 is 20.7 Å². The van der Waals surface area contributed by atoms with Crippen molar-refractivity contribution >= 4 is 23.3 Å². The highest BCUT2D eigenvalue weighted by Gasteiger charge is 2.02. The summed E-state index contributed by atoms with van der Waals surface area (Å²) in [6.45, 7) is 0.787. The minimum Gasteiger partial charge on any atom is -0.481 e. The average Bonchev–Trinajstić information content (AvgIpc) is 2.76. The Bertz CT molecular complexity index is 469. The molecule has 0 aliphatic carbocycles. The van der Waals surface area contributed by atoms with Crippen molar-refractivity contribution in [3.63, 3.8) is 0 Å². The Morgan fingerprint density at radius 2 is 2.05 bits per heavy atom. The summed E-state index contributed by atoms with van der Waals surface area (Å²) in [6, 6.07) is -0.301. The zero-order valence-electron chi connectivity index (χ0n) is 10.4. The molecule has 7 nitrogen and oxygen atoms in total. The van der Waals surface area contributed by atoms with Gasteiger partial charge in [0.15, 0.2) is 0 Å². The van der Waals surface area contributed by atoms with Crippen LogP contribution in [0.15, 0.2) is 10.2 Å². The highest BCUT2D eigenvalue weighted by molar-refractivity contribution is 7.07. The molecule has 0 unspecified atom stereocenters. The largest absolute Gasteiger partial charge is 0.481 e. The van der Waals surface area contributed by atoms with Crippen LogP contribution in [-0.2, 0) is 11.3 Å². The number of H-pyrrole nitrogens is 1. The topological polar surface area (TPSA) is 111 Å². The number of amides is 2. The van der Waals surface area contributed by atoms with E-state index in [-0.39, 0.29) is 23.9 Å². The van der Waals surface area contributed by atoms with Crippen molar-refractivity contribution in [1.29, 1.82) is 0 Å². The normalized spacial score (nSPS) is 10.1. The predicted octanol–water partition coefficient (Wildman–Crippen LogP) is 0.881. The highest BCUT2D eigenvalue weighted by Crippen LogP contribution is 1.98. The lowest BCUT2D eigenvalue weighted by molar-refractivity contribution is -0.137. The van der Waals surface area contributed by atoms with Crippen LogP contribution in [0.25, 0.3) is 0 Å². The van der Waals surface area contributed by atoms with E-state index in [0.29, 0.717) is 18.7 Å². The summed E-state index contributed by atoms with van der Waals surface area (Å²) in [5.74, 6) is -0.796. The van der Waals surface area contributed by atoms with Gasteiger partial charge >= 0.3 is 16.9 Å². The number of unbranched alkanes of at least 4 members (excludes halogenated alkanes) is 2. The first-order chi connectivity index (χ1) is 9.08. The summed E-state index contributed by atoms with van der Waals surface area (Å²) in [5, 5.41) is 15.4. The van der Waals surface area contributed by atoms with E-state index in [1.807, 2.05) is 0 Å². The van der Waals surface area contributed by atoms with Crippen LogP contribution in [0.4, 0.5) is 4.79 Å². The van der Waals surface area contributed by atoms with Crippen molar-refractivity contribution in [3.05, 3.63) is 20.7 Å². The van der Waals surface area contributed by atoms with Crippen molar-refractivity contribution in [2.24, 2.45) is 0 Å². The molecule has 0 aromatic carbocycles. The molecule has 1 aromatic rings. The fraction of sp³-hybridized carbons (Fsp3) is 0.545. The molecule has 0 fully saturated rings. The summed E-state index contributed by atoms with van der Waals surface area (Å²) < 4.78 is 0. The Kier molecular flexibility index (Phi) is 6.65.